The molecule has 0 aliphatic heterocycles. The number of nitrogens with zero attached hydrogens (tertiary/aromatic N) is 3. The largest absolute Gasteiger partial charge is 0.442 e. The Kier molecular flexibility index (Phi) is 3.96. The Balaban J connectivity index is 2.52. The van der Waals surface area contributed by atoms with Crippen LogP contribution in [0, 0.1) is 0 Å². The highest BCUT2D eigenvalue weighted by atomic mass is 79.9. The molecule has 0 aromatic carbocycles. The predicted octanol–water partition coefficient (Wildman–Crippen LogP) is 4.00. The first kappa shape index (κ1) is 14.5. The van der Waals surface area contributed by atoms with Crippen LogP contribution in [0.4, 0.5) is 4.79 Å². The molecule has 0 spiro atoms. The Morgan fingerprint density at radius 3 is 2.68 bits per heavy atom. The Morgan fingerprint density at radius 1 is 1.42 bits per heavy atom. The molecule has 0 bridgehead atoms. The van der Waals surface area contributed by atoms with Gasteiger partial charge < -0.3 is 4.74 Å². The maximum absolute atomic E-state index is 12.1. The van der Waals surface area contributed by atoms with Crippen molar-refractivity contribution in [3.63, 3.8) is 0 Å². The maximum atomic E-state index is 12.1. The van der Waals surface area contributed by atoms with E-state index >= 15 is 0 Å². The molecular weight excluding hydrogens is 378 g/mol. The highest BCUT2D eigenvalue weighted by Crippen LogP contribution is 2.33. The van der Waals surface area contributed by atoms with E-state index in [0.29, 0.717) is 11.3 Å². The van der Waals surface area contributed by atoms with Crippen molar-refractivity contribution < 1.29 is 9.53 Å². The van der Waals surface area contributed by atoms with Gasteiger partial charge in [-0.15, -0.1) is 4.68 Å². The fourth-order valence-corrected chi connectivity index (χ4v) is 2.24. The van der Waals surface area contributed by atoms with E-state index in [4.69, 9.17) is 4.74 Å². The van der Waals surface area contributed by atoms with Gasteiger partial charge in [-0.25, -0.2) is 9.78 Å². The second-order valence-corrected chi connectivity index (χ2v) is 8.01. The summed E-state index contributed by atoms with van der Waals surface area (Å²) in [5.41, 5.74) is 0.594. The summed E-state index contributed by atoms with van der Waals surface area (Å²) in [5, 5.41) is 5.06. The molecule has 0 aliphatic rings. The van der Waals surface area contributed by atoms with Gasteiger partial charge in [-0.2, -0.15) is 5.10 Å². The van der Waals surface area contributed by atoms with Gasteiger partial charge in [0.25, 0.3) is 0 Å². The normalized spacial score (nSPS) is 12.1. The molecule has 19 heavy (non-hydrogen) atoms. The van der Waals surface area contributed by atoms with E-state index in [1.807, 2.05) is 26.8 Å². The van der Waals surface area contributed by atoms with Crippen LogP contribution in [0.2, 0.25) is 0 Å². The van der Waals surface area contributed by atoms with Gasteiger partial charge in [-0.1, -0.05) is 31.9 Å². The number of carbonyl (C=O) groups is 1. The first-order valence-electron chi connectivity index (χ1n) is 5.65. The Hall–Kier alpha value is -0.950. The zero-order valence-corrected chi connectivity index (χ0v) is 13.9. The molecule has 0 saturated carbocycles. The lowest BCUT2D eigenvalue weighted by molar-refractivity contribution is 0.0521. The summed E-state index contributed by atoms with van der Waals surface area (Å²) in [4.78, 5) is 16.3. The lowest BCUT2D eigenvalue weighted by Gasteiger charge is -2.18. The van der Waals surface area contributed by atoms with Crippen LogP contribution < -0.4 is 0 Å². The molecule has 0 fully saturated rings. The molecule has 0 radical (unpaired) electrons. The molecule has 0 amide bonds. The molecule has 0 unspecified atom stereocenters. The summed E-state index contributed by atoms with van der Waals surface area (Å²) in [5.74, 6) is 0. The number of carbonyl (C=O) groups excluding carboxylic acids is 1. The first-order valence-corrected chi connectivity index (χ1v) is 7.48. The molecule has 2 aromatic heterocycles. The van der Waals surface area contributed by atoms with Crippen LogP contribution in [-0.2, 0) is 4.74 Å². The number of pyridine rings is 1. The van der Waals surface area contributed by atoms with Crippen LogP contribution in [-0.4, -0.2) is 26.5 Å². The Bertz CT molecular complexity index is 617. The molecule has 0 N–H and O–H groups in total. The topological polar surface area (TPSA) is 57.0 Å². The van der Waals surface area contributed by atoms with Gasteiger partial charge in [-0.05, 0) is 32.9 Å². The van der Waals surface area contributed by atoms with E-state index in [1.165, 1.54) is 4.68 Å². The third-order valence-corrected chi connectivity index (χ3v) is 3.11. The number of aromatic nitrogens is 3. The minimum Gasteiger partial charge on any atom is -0.442 e. The molecule has 2 heterocycles. The summed E-state index contributed by atoms with van der Waals surface area (Å²) in [6.07, 6.45) is 1.08. The molecule has 2 rings (SSSR count). The van der Waals surface area contributed by atoms with Gasteiger partial charge in [0.1, 0.15) is 9.34 Å². The van der Waals surface area contributed by atoms with E-state index in [1.54, 1.807) is 12.3 Å². The van der Waals surface area contributed by atoms with E-state index < -0.39 is 11.7 Å². The summed E-state index contributed by atoms with van der Waals surface area (Å²) in [7, 11) is 0. The summed E-state index contributed by atoms with van der Waals surface area (Å²) >= 11 is 6.78. The van der Waals surface area contributed by atoms with E-state index in [0.717, 1.165) is 5.39 Å². The summed E-state index contributed by atoms with van der Waals surface area (Å²) in [6, 6.07) is 3.66. The third-order valence-electron chi connectivity index (χ3n) is 2.24. The van der Waals surface area contributed by atoms with Gasteiger partial charge >= 0.3 is 6.09 Å². The van der Waals surface area contributed by atoms with Crippen molar-refractivity contribution in [1.29, 1.82) is 0 Å². The molecule has 2 aromatic rings. The minimum absolute atomic E-state index is 0.157. The third kappa shape index (κ3) is 3.14. The number of halogens is 2. The Morgan fingerprint density at radius 2 is 2.11 bits per heavy atom. The highest BCUT2D eigenvalue weighted by Gasteiger charge is 2.24. The van der Waals surface area contributed by atoms with E-state index in [2.05, 4.69) is 41.9 Å². The van der Waals surface area contributed by atoms with Crippen molar-refractivity contribution in [1.82, 2.24) is 14.8 Å². The van der Waals surface area contributed by atoms with Crippen LogP contribution in [0.3, 0.4) is 0 Å². The van der Waals surface area contributed by atoms with Crippen LogP contribution in [0.1, 0.15) is 30.2 Å². The quantitative estimate of drug-likeness (QED) is 0.690. The highest BCUT2D eigenvalue weighted by molar-refractivity contribution is 9.24. The standard InChI is InChI=1S/C12H13Br2N3O2/c1-12(2,3)19-11(18)17-10-7(5-4-6-15-10)8(16-17)9(13)14/h4-6,9H,1-3H3. The van der Waals surface area contributed by atoms with Crippen molar-refractivity contribution >= 4 is 49.0 Å². The molecule has 0 saturated heterocycles. The number of fused-ring (bicyclic) bond motifs is 1. The second kappa shape index (κ2) is 5.20. The number of ether oxygens (including phenoxy) is 1. The Labute approximate surface area is 127 Å². The zero-order chi connectivity index (χ0) is 14.2. The second-order valence-electron chi connectivity index (χ2n) is 4.95. The van der Waals surface area contributed by atoms with Crippen LogP contribution >= 0.6 is 31.9 Å². The number of hydrogen-bond donors (Lipinski definition) is 0. The zero-order valence-electron chi connectivity index (χ0n) is 10.7. The van der Waals surface area contributed by atoms with Crippen LogP contribution in [0.25, 0.3) is 11.0 Å². The molecule has 0 aliphatic carbocycles. The smallest absolute Gasteiger partial charge is 0.437 e. The van der Waals surface area contributed by atoms with Crippen LogP contribution in [0.5, 0.6) is 0 Å². The monoisotopic (exact) mass is 389 g/mol. The molecular formula is C12H13Br2N3O2. The summed E-state index contributed by atoms with van der Waals surface area (Å²) < 4.78 is 6.34. The van der Waals surface area contributed by atoms with Crippen molar-refractivity contribution in [2.24, 2.45) is 0 Å². The number of rotatable bonds is 1. The fraction of sp³-hybridized carbons (Fsp3) is 0.417. The van der Waals surface area contributed by atoms with Crippen molar-refractivity contribution in [2.75, 3.05) is 0 Å². The average molecular weight is 391 g/mol. The summed E-state index contributed by atoms with van der Waals surface area (Å²) in [6.45, 7) is 5.42. The van der Waals surface area contributed by atoms with Gasteiger partial charge in [0.2, 0.25) is 0 Å². The minimum atomic E-state index is -0.577. The first-order chi connectivity index (χ1) is 8.79. The van der Waals surface area contributed by atoms with Gasteiger partial charge in [0.15, 0.2) is 5.65 Å². The van der Waals surface area contributed by atoms with Gasteiger partial charge in [-0.3, -0.25) is 0 Å². The molecule has 102 valence electrons. The molecule has 0 atom stereocenters. The van der Waals surface area contributed by atoms with Crippen molar-refractivity contribution in [2.45, 2.75) is 30.1 Å². The predicted molar refractivity (Wildman–Crippen MR) is 79.8 cm³/mol. The number of hydrogen-bond acceptors (Lipinski definition) is 4. The van der Waals surface area contributed by atoms with Crippen molar-refractivity contribution in [3.05, 3.63) is 24.0 Å². The van der Waals surface area contributed by atoms with Gasteiger partial charge in [0.05, 0.1) is 5.69 Å². The van der Waals surface area contributed by atoms with E-state index in [-0.39, 0.29) is 3.74 Å². The molecule has 7 heteroatoms. The lowest BCUT2D eigenvalue weighted by atomic mass is 10.2. The SMILES string of the molecule is CC(C)(C)OC(=O)n1nc(C(Br)Br)c2cccnc21. The van der Waals surface area contributed by atoms with Crippen LogP contribution in [0.15, 0.2) is 18.3 Å². The fourth-order valence-electron chi connectivity index (χ4n) is 1.57. The van der Waals surface area contributed by atoms with E-state index in [9.17, 15) is 4.79 Å². The lowest BCUT2D eigenvalue weighted by Crippen LogP contribution is -2.28. The van der Waals surface area contributed by atoms with Gasteiger partial charge in [0, 0.05) is 11.6 Å². The van der Waals surface area contributed by atoms with Crippen molar-refractivity contribution in [3.8, 4) is 0 Å². The number of alkyl halides is 2. The molecule has 5 nitrogen and oxygen atoms in total. The maximum Gasteiger partial charge on any atom is 0.437 e. The average Bonchev–Trinajstić information content (AvgIpc) is 2.66.